The molecule has 5 heterocycles. The molecule has 0 spiro atoms. The summed E-state index contributed by atoms with van der Waals surface area (Å²) in [6.45, 7) is 0.0795. The number of benzene rings is 9. The fourth-order valence-electron chi connectivity index (χ4n) is 10.4. The van der Waals surface area contributed by atoms with Gasteiger partial charge >= 0.3 is 0 Å². The lowest BCUT2D eigenvalue weighted by Gasteiger charge is -2.34. The van der Waals surface area contributed by atoms with Crippen LogP contribution < -0.4 is 16.4 Å². The fraction of sp³-hybridized carbons (Fsp3) is 0. The van der Waals surface area contributed by atoms with E-state index in [0.717, 1.165) is 33.1 Å². The van der Waals surface area contributed by atoms with Crippen LogP contribution in [0.1, 0.15) is 0 Å². The molecule has 9 aromatic carbocycles. The zero-order chi connectivity index (χ0) is 34.8. The molecule has 12 aromatic rings. The molecule has 246 valence electrons. The van der Waals surface area contributed by atoms with E-state index in [0.29, 0.717) is 0 Å². The van der Waals surface area contributed by atoms with Crippen LogP contribution in [0.5, 0.6) is 0 Å². The first kappa shape index (κ1) is 27.6. The van der Waals surface area contributed by atoms with E-state index >= 15 is 0 Å². The summed E-state index contributed by atoms with van der Waals surface area (Å²) >= 11 is 0. The van der Waals surface area contributed by atoms with Gasteiger partial charge in [0.2, 0.25) is 0 Å². The number of fused-ring (bicyclic) bond motifs is 15. The van der Waals surface area contributed by atoms with Crippen LogP contribution in [0.3, 0.4) is 0 Å². The number of hydrogen-bond acceptors (Lipinski definition) is 1. The summed E-state index contributed by atoms with van der Waals surface area (Å²) in [5.41, 5.74) is 15.7. The van der Waals surface area contributed by atoms with Crippen molar-refractivity contribution in [2.75, 3.05) is 0 Å². The summed E-state index contributed by atoms with van der Waals surface area (Å²) in [7, 11) is 0. The van der Waals surface area contributed by atoms with Gasteiger partial charge in [-0.05, 0) is 86.0 Å². The highest BCUT2D eigenvalue weighted by atomic mass is 16.3. The molecule has 2 aliphatic heterocycles. The highest BCUT2D eigenvalue weighted by Gasteiger charge is 2.41. The molecule has 0 fully saturated rings. The normalized spacial score (nSPS) is 13.1. The molecule has 0 amide bonds. The van der Waals surface area contributed by atoms with Gasteiger partial charge in [0.1, 0.15) is 11.2 Å². The molecule has 0 unspecified atom stereocenters. The molecule has 3 aromatic heterocycles. The van der Waals surface area contributed by atoms with Gasteiger partial charge in [0.25, 0.3) is 6.71 Å². The van der Waals surface area contributed by atoms with Gasteiger partial charge in [-0.15, -0.1) is 0 Å². The maximum Gasteiger partial charge on any atom is 0.252 e. The number of nitrogens with zero attached hydrogens (tertiary/aromatic N) is 2. The summed E-state index contributed by atoms with van der Waals surface area (Å²) < 4.78 is 11.9. The van der Waals surface area contributed by atoms with Gasteiger partial charge in [-0.2, -0.15) is 0 Å². The number of para-hydroxylation sites is 4. The first-order valence-electron chi connectivity index (χ1n) is 18.8. The number of hydrogen-bond donors (Lipinski definition) is 0. The van der Waals surface area contributed by atoms with Gasteiger partial charge in [0, 0.05) is 60.3 Å². The molecular weight excluding hydrogens is 655 g/mol. The monoisotopic (exact) mass is 682 g/mol. The molecule has 3 nitrogen and oxygen atoms in total. The van der Waals surface area contributed by atoms with Crippen molar-refractivity contribution >= 4 is 110 Å². The Hall–Kier alpha value is -7.04. The van der Waals surface area contributed by atoms with Crippen molar-refractivity contribution < 1.29 is 4.42 Å². The Balaban J connectivity index is 1.21. The van der Waals surface area contributed by atoms with Crippen molar-refractivity contribution in [3.8, 4) is 22.5 Å². The SMILES string of the molecule is c1ccc2cc3c(cc2c1)c1cccc2c1n3-c1cc(-c3cccc4c3oc3ccccc34)cc3c1B2c1cccc2c4cc5ccccc5cc4n-3c12. The molecule has 54 heavy (non-hydrogen) atoms. The second kappa shape index (κ2) is 9.49. The third-order valence-corrected chi connectivity index (χ3v) is 12.6. The lowest BCUT2D eigenvalue weighted by Crippen LogP contribution is -2.59. The maximum absolute atomic E-state index is 6.71. The summed E-state index contributed by atoms with van der Waals surface area (Å²) in [5.74, 6) is 0. The summed E-state index contributed by atoms with van der Waals surface area (Å²) in [6.07, 6.45) is 0. The van der Waals surface area contributed by atoms with E-state index in [-0.39, 0.29) is 6.71 Å². The Morgan fingerprint density at radius 3 is 1.52 bits per heavy atom. The predicted octanol–water partition coefficient (Wildman–Crippen LogP) is 10.9. The minimum atomic E-state index is 0.0795. The van der Waals surface area contributed by atoms with Gasteiger partial charge in [0.15, 0.2) is 0 Å². The van der Waals surface area contributed by atoms with Crippen molar-refractivity contribution in [1.29, 1.82) is 0 Å². The molecule has 0 atom stereocenters. The average Bonchev–Trinajstić information content (AvgIpc) is 3.87. The topological polar surface area (TPSA) is 23.0 Å². The first-order valence-corrected chi connectivity index (χ1v) is 18.8. The molecular formula is C50H27BN2O. The lowest BCUT2D eigenvalue weighted by molar-refractivity contribution is 0.670. The summed E-state index contributed by atoms with van der Waals surface area (Å²) in [4.78, 5) is 0. The third-order valence-electron chi connectivity index (χ3n) is 12.6. The maximum atomic E-state index is 6.71. The quantitative estimate of drug-likeness (QED) is 0.158. The summed E-state index contributed by atoms with van der Waals surface area (Å²) in [5, 5.41) is 12.5. The van der Waals surface area contributed by atoms with E-state index in [9.17, 15) is 0 Å². The Bertz CT molecular complexity index is 3510. The van der Waals surface area contributed by atoms with Crippen molar-refractivity contribution in [2.24, 2.45) is 0 Å². The van der Waals surface area contributed by atoms with E-state index in [4.69, 9.17) is 4.42 Å². The van der Waals surface area contributed by atoms with Crippen LogP contribution in [0.2, 0.25) is 0 Å². The second-order valence-electron chi connectivity index (χ2n) is 15.2. The predicted molar refractivity (Wildman–Crippen MR) is 228 cm³/mol. The van der Waals surface area contributed by atoms with Crippen molar-refractivity contribution in [3.05, 3.63) is 164 Å². The van der Waals surface area contributed by atoms with E-state index in [2.05, 4.69) is 173 Å². The zero-order valence-electron chi connectivity index (χ0n) is 29.0. The van der Waals surface area contributed by atoms with Crippen molar-refractivity contribution in [2.45, 2.75) is 0 Å². The largest absolute Gasteiger partial charge is 0.455 e. The van der Waals surface area contributed by atoms with Crippen LogP contribution in [-0.2, 0) is 0 Å². The van der Waals surface area contributed by atoms with Crippen molar-refractivity contribution in [1.82, 2.24) is 9.13 Å². The Labute approximate surface area is 308 Å². The van der Waals surface area contributed by atoms with Crippen LogP contribution in [0, 0.1) is 0 Å². The molecule has 0 aliphatic carbocycles. The standard InChI is InChI=1S/C50H27BN2O/c1-3-12-30-24-42-38(22-28(30)10-1)35-16-8-19-40-48(35)52(42)44-26-32(33-15-7-18-37-34-14-5-6-21-46(34)54-50(33)37)27-45-47(44)51(40)41-20-9-17-36-39-23-29-11-2-4-13-31(29)25-43(39)53(45)49(36)41/h1-27H. The molecule has 0 saturated heterocycles. The van der Waals surface area contributed by atoms with Crippen LogP contribution in [0.25, 0.3) is 110 Å². The Morgan fingerprint density at radius 1 is 0.407 bits per heavy atom. The highest BCUT2D eigenvalue weighted by molar-refractivity contribution is 7.00. The smallest absolute Gasteiger partial charge is 0.252 e. The minimum absolute atomic E-state index is 0.0795. The fourth-order valence-corrected chi connectivity index (χ4v) is 10.4. The third kappa shape index (κ3) is 3.23. The molecule has 0 N–H and O–H groups in total. The van der Waals surface area contributed by atoms with Gasteiger partial charge in [-0.25, -0.2) is 0 Å². The Kier molecular flexibility index (Phi) is 4.85. The van der Waals surface area contributed by atoms with E-state index in [1.807, 2.05) is 0 Å². The van der Waals surface area contributed by atoms with Crippen LogP contribution in [-0.4, -0.2) is 15.8 Å². The summed E-state index contributed by atoms with van der Waals surface area (Å²) in [6, 6.07) is 61.0. The molecule has 14 rings (SSSR count). The minimum Gasteiger partial charge on any atom is -0.455 e. The van der Waals surface area contributed by atoms with Gasteiger partial charge < -0.3 is 13.6 Å². The lowest BCUT2D eigenvalue weighted by atomic mass is 9.34. The molecule has 0 saturated carbocycles. The van der Waals surface area contributed by atoms with Crippen LogP contribution in [0.4, 0.5) is 0 Å². The molecule has 0 radical (unpaired) electrons. The molecule has 4 heteroatoms. The first-order chi connectivity index (χ1) is 26.8. The zero-order valence-corrected chi connectivity index (χ0v) is 29.0. The van der Waals surface area contributed by atoms with E-state index in [1.165, 1.54) is 92.9 Å². The van der Waals surface area contributed by atoms with E-state index in [1.54, 1.807) is 0 Å². The van der Waals surface area contributed by atoms with Crippen LogP contribution >= 0.6 is 0 Å². The highest BCUT2D eigenvalue weighted by Crippen LogP contribution is 2.43. The number of rotatable bonds is 1. The van der Waals surface area contributed by atoms with Crippen LogP contribution in [0.15, 0.2) is 168 Å². The number of aromatic nitrogens is 2. The number of furan rings is 1. The van der Waals surface area contributed by atoms with Gasteiger partial charge in [-0.1, -0.05) is 121 Å². The van der Waals surface area contributed by atoms with Crippen molar-refractivity contribution in [3.63, 3.8) is 0 Å². The van der Waals surface area contributed by atoms with E-state index < -0.39 is 0 Å². The van der Waals surface area contributed by atoms with Gasteiger partial charge in [0.05, 0.1) is 11.0 Å². The second-order valence-corrected chi connectivity index (χ2v) is 15.2. The average molecular weight is 683 g/mol. The molecule has 0 bridgehead atoms. The molecule has 2 aliphatic rings. The van der Waals surface area contributed by atoms with Gasteiger partial charge in [-0.3, -0.25) is 0 Å². The Morgan fingerprint density at radius 2 is 0.907 bits per heavy atom.